The zero-order chi connectivity index (χ0) is 18.2. The highest BCUT2D eigenvalue weighted by atomic mass is 16.6. The van der Waals surface area contributed by atoms with Crippen LogP contribution in [-0.2, 0) is 30.4 Å². The van der Waals surface area contributed by atoms with E-state index in [0.717, 1.165) is 18.4 Å². The molecule has 138 valence electrons. The zero-order valence-corrected chi connectivity index (χ0v) is 15.3. The van der Waals surface area contributed by atoms with Crippen molar-refractivity contribution in [1.29, 1.82) is 0 Å². The second kappa shape index (κ2) is 9.56. The Morgan fingerprint density at radius 3 is 2.68 bits per heavy atom. The number of hydrogen-bond acceptors (Lipinski definition) is 5. The summed E-state index contributed by atoms with van der Waals surface area (Å²) < 4.78 is 16.6. The molecule has 0 spiro atoms. The highest BCUT2D eigenvalue weighted by Crippen LogP contribution is 2.26. The van der Waals surface area contributed by atoms with E-state index in [1.807, 2.05) is 44.2 Å². The fraction of sp³-hybridized carbons (Fsp3) is 0.600. The third kappa shape index (κ3) is 6.50. The van der Waals surface area contributed by atoms with Gasteiger partial charge < -0.3 is 14.2 Å². The second-order valence-corrected chi connectivity index (χ2v) is 6.91. The first-order chi connectivity index (χ1) is 12.0. The lowest BCUT2D eigenvalue weighted by molar-refractivity contribution is -0.165. The Labute approximate surface area is 149 Å². The van der Waals surface area contributed by atoms with Crippen molar-refractivity contribution in [2.24, 2.45) is 11.8 Å². The Balaban J connectivity index is 1.83. The van der Waals surface area contributed by atoms with Gasteiger partial charge in [-0.15, -0.1) is 0 Å². The first kappa shape index (κ1) is 19.4. The quantitative estimate of drug-likeness (QED) is 0.736. The lowest BCUT2D eigenvalue weighted by atomic mass is 9.90. The van der Waals surface area contributed by atoms with Crippen molar-refractivity contribution >= 4 is 11.9 Å². The van der Waals surface area contributed by atoms with Gasteiger partial charge in [0.15, 0.2) is 0 Å². The van der Waals surface area contributed by atoms with Crippen molar-refractivity contribution in [2.75, 3.05) is 6.61 Å². The molecule has 0 saturated carbocycles. The predicted octanol–water partition coefficient (Wildman–Crippen LogP) is 3.50. The van der Waals surface area contributed by atoms with Crippen molar-refractivity contribution in [3.63, 3.8) is 0 Å². The Morgan fingerprint density at radius 1 is 1.28 bits per heavy atom. The molecule has 2 rings (SSSR count). The number of hydrogen-bond donors (Lipinski definition) is 0. The third-order valence-electron chi connectivity index (χ3n) is 4.64. The average Bonchev–Trinajstić information content (AvgIpc) is 2.57. The standard InChI is InChI=1S/C20H28O5/c1-14-9-10-18(25-20(22)11-19(14)24-16(3)21)15(2)12-23-13-17-7-5-4-6-8-17/h4-8,14-15,18-19H,9-13H2,1-3H3/t14-,15+,18-,19+/m0/s1. The summed E-state index contributed by atoms with van der Waals surface area (Å²) in [6, 6.07) is 10.00. The summed E-state index contributed by atoms with van der Waals surface area (Å²) in [7, 11) is 0. The van der Waals surface area contributed by atoms with E-state index in [2.05, 4.69) is 0 Å². The van der Waals surface area contributed by atoms with E-state index in [1.165, 1.54) is 6.92 Å². The van der Waals surface area contributed by atoms with E-state index < -0.39 is 6.10 Å². The Morgan fingerprint density at radius 2 is 2.00 bits per heavy atom. The summed E-state index contributed by atoms with van der Waals surface area (Å²) >= 11 is 0. The van der Waals surface area contributed by atoms with Gasteiger partial charge >= 0.3 is 11.9 Å². The number of ether oxygens (including phenoxy) is 3. The maximum absolute atomic E-state index is 12.1. The Bertz CT molecular complexity index is 556. The Kier molecular flexibility index (Phi) is 7.44. The molecule has 0 bridgehead atoms. The van der Waals surface area contributed by atoms with Crippen LogP contribution in [0.4, 0.5) is 0 Å². The van der Waals surface area contributed by atoms with Gasteiger partial charge in [0, 0.05) is 12.8 Å². The number of cyclic esters (lactones) is 1. The van der Waals surface area contributed by atoms with Gasteiger partial charge in [-0.2, -0.15) is 0 Å². The molecule has 4 atom stereocenters. The summed E-state index contributed by atoms with van der Waals surface area (Å²) in [5.41, 5.74) is 1.13. The molecule has 0 aliphatic carbocycles. The van der Waals surface area contributed by atoms with Gasteiger partial charge in [0.2, 0.25) is 0 Å². The van der Waals surface area contributed by atoms with Crippen molar-refractivity contribution in [2.45, 2.75) is 58.8 Å². The first-order valence-electron chi connectivity index (χ1n) is 8.94. The molecule has 1 aromatic rings. The molecule has 0 N–H and O–H groups in total. The van der Waals surface area contributed by atoms with E-state index in [-0.39, 0.29) is 36.3 Å². The van der Waals surface area contributed by atoms with Crippen molar-refractivity contribution < 1.29 is 23.8 Å². The van der Waals surface area contributed by atoms with Crippen LogP contribution in [0.3, 0.4) is 0 Å². The summed E-state index contributed by atoms with van der Waals surface area (Å²) in [5.74, 6) is -0.413. The molecule has 0 unspecified atom stereocenters. The molecule has 1 aromatic carbocycles. The fourth-order valence-electron chi connectivity index (χ4n) is 3.07. The summed E-state index contributed by atoms with van der Waals surface area (Å²) in [6.45, 7) is 6.51. The monoisotopic (exact) mass is 348 g/mol. The molecule has 5 nitrogen and oxygen atoms in total. The van der Waals surface area contributed by atoms with Crippen LogP contribution >= 0.6 is 0 Å². The highest BCUT2D eigenvalue weighted by molar-refractivity contribution is 5.71. The molecular weight excluding hydrogens is 320 g/mol. The van der Waals surface area contributed by atoms with Gasteiger partial charge in [-0.05, 0) is 24.3 Å². The molecule has 1 aliphatic rings. The van der Waals surface area contributed by atoms with Gasteiger partial charge in [-0.25, -0.2) is 0 Å². The molecule has 0 amide bonds. The van der Waals surface area contributed by atoms with Crippen LogP contribution in [-0.4, -0.2) is 30.8 Å². The zero-order valence-electron chi connectivity index (χ0n) is 15.3. The minimum absolute atomic E-state index is 0.116. The summed E-state index contributed by atoms with van der Waals surface area (Å²) in [6.07, 6.45) is 1.16. The van der Waals surface area contributed by atoms with Crippen LogP contribution in [0.15, 0.2) is 30.3 Å². The maximum Gasteiger partial charge on any atom is 0.309 e. The average molecular weight is 348 g/mol. The fourth-order valence-corrected chi connectivity index (χ4v) is 3.07. The van der Waals surface area contributed by atoms with Gasteiger partial charge in [0.05, 0.1) is 19.6 Å². The normalized spacial score (nSPS) is 25.4. The largest absolute Gasteiger partial charge is 0.462 e. The number of benzene rings is 1. The van der Waals surface area contributed by atoms with E-state index >= 15 is 0 Å². The SMILES string of the molecule is CC(=O)O[C@@H]1CC(=O)O[C@H]([C@H](C)COCc2ccccc2)CC[C@@H]1C. The molecular formula is C20H28O5. The van der Waals surface area contributed by atoms with Gasteiger partial charge in [0.1, 0.15) is 12.2 Å². The van der Waals surface area contributed by atoms with Crippen LogP contribution in [0, 0.1) is 11.8 Å². The predicted molar refractivity (Wildman–Crippen MR) is 93.7 cm³/mol. The number of esters is 2. The Hall–Kier alpha value is -1.88. The smallest absolute Gasteiger partial charge is 0.309 e. The van der Waals surface area contributed by atoms with Crippen molar-refractivity contribution in [1.82, 2.24) is 0 Å². The van der Waals surface area contributed by atoms with Crippen LogP contribution in [0.5, 0.6) is 0 Å². The van der Waals surface area contributed by atoms with Gasteiger partial charge in [-0.3, -0.25) is 9.59 Å². The molecule has 0 radical (unpaired) electrons. The highest BCUT2D eigenvalue weighted by Gasteiger charge is 2.31. The number of rotatable bonds is 6. The van der Waals surface area contributed by atoms with E-state index in [0.29, 0.717) is 13.2 Å². The second-order valence-electron chi connectivity index (χ2n) is 6.91. The summed E-state index contributed by atoms with van der Waals surface area (Å²) in [5, 5.41) is 0. The molecule has 25 heavy (non-hydrogen) atoms. The summed E-state index contributed by atoms with van der Waals surface area (Å²) in [4.78, 5) is 23.3. The minimum Gasteiger partial charge on any atom is -0.462 e. The maximum atomic E-state index is 12.1. The third-order valence-corrected chi connectivity index (χ3v) is 4.64. The van der Waals surface area contributed by atoms with E-state index in [9.17, 15) is 9.59 Å². The number of carbonyl (C=O) groups excluding carboxylic acids is 2. The molecule has 1 saturated heterocycles. The lowest BCUT2D eigenvalue weighted by Gasteiger charge is -2.31. The molecule has 1 heterocycles. The van der Waals surface area contributed by atoms with Gasteiger partial charge in [-0.1, -0.05) is 44.2 Å². The van der Waals surface area contributed by atoms with E-state index in [1.54, 1.807) is 0 Å². The lowest BCUT2D eigenvalue weighted by Crippen LogP contribution is -2.36. The van der Waals surface area contributed by atoms with Crippen molar-refractivity contribution in [3.8, 4) is 0 Å². The number of carbonyl (C=O) groups is 2. The minimum atomic E-state index is -0.393. The van der Waals surface area contributed by atoms with Crippen molar-refractivity contribution in [3.05, 3.63) is 35.9 Å². The molecule has 1 fully saturated rings. The molecule has 1 aliphatic heterocycles. The van der Waals surface area contributed by atoms with Crippen LogP contribution in [0.1, 0.15) is 45.6 Å². The molecule has 5 heteroatoms. The van der Waals surface area contributed by atoms with E-state index in [4.69, 9.17) is 14.2 Å². The topological polar surface area (TPSA) is 61.8 Å². The molecule has 0 aromatic heterocycles. The van der Waals surface area contributed by atoms with Gasteiger partial charge in [0.25, 0.3) is 0 Å². The van der Waals surface area contributed by atoms with Crippen LogP contribution in [0.25, 0.3) is 0 Å². The first-order valence-corrected chi connectivity index (χ1v) is 8.94. The van der Waals surface area contributed by atoms with Crippen LogP contribution in [0.2, 0.25) is 0 Å². The van der Waals surface area contributed by atoms with Crippen LogP contribution < -0.4 is 0 Å².